The smallest absolute Gasteiger partial charge is 0.157 e. The fraction of sp³-hybridized carbons (Fsp3) is 0.545. The lowest BCUT2D eigenvalue weighted by atomic mass is 9.65. The summed E-state index contributed by atoms with van der Waals surface area (Å²) in [5, 5.41) is 0. The highest BCUT2D eigenvalue weighted by Gasteiger charge is 2.50. The zero-order valence-corrected chi connectivity index (χ0v) is 16.9. The number of anilines is 3. The summed E-state index contributed by atoms with van der Waals surface area (Å²) in [4.78, 5) is 13.7. The van der Waals surface area contributed by atoms with Crippen LogP contribution in [0.15, 0.2) is 36.7 Å². The Labute approximate surface area is 162 Å². The molecular formula is C22H31N5. The van der Waals surface area contributed by atoms with E-state index in [0.29, 0.717) is 22.6 Å². The average Bonchev–Trinajstić information content (AvgIpc) is 2.84. The molecule has 2 heterocycles. The highest BCUT2D eigenvalue weighted by molar-refractivity contribution is 5.76. The van der Waals surface area contributed by atoms with Crippen LogP contribution >= 0.6 is 0 Å². The molecule has 1 aromatic heterocycles. The predicted molar refractivity (Wildman–Crippen MR) is 112 cm³/mol. The normalized spacial score (nSPS) is 26.2. The molecule has 1 aliphatic carbocycles. The minimum Gasteiger partial charge on any atom is -0.393 e. The first-order valence-corrected chi connectivity index (χ1v) is 9.89. The molecule has 1 saturated heterocycles. The van der Waals surface area contributed by atoms with Gasteiger partial charge < -0.3 is 15.5 Å². The first-order valence-electron chi connectivity index (χ1n) is 9.89. The summed E-state index contributed by atoms with van der Waals surface area (Å²) in [6.07, 6.45) is 5.35. The predicted octanol–water partition coefficient (Wildman–Crippen LogP) is 4.10. The molecule has 0 radical (unpaired) electrons. The second kappa shape index (κ2) is 6.39. The zero-order valence-electron chi connectivity index (χ0n) is 16.9. The van der Waals surface area contributed by atoms with Gasteiger partial charge in [0.25, 0.3) is 0 Å². The van der Waals surface area contributed by atoms with E-state index in [1.807, 2.05) is 13.1 Å². The molecule has 2 aliphatic rings. The van der Waals surface area contributed by atoms with Crippen LogP contribution in [0.3, 0.4) is 0 Å². The minimum absolute atomic E-state index is 0.347. The van der Waals surface area contributed by atoms with E-state index in [4.69, 9.17) is 5.73 Å². The molecular weight excluding hydrogens is 334 g/mol. The van der Waals surface area contributed by atoms with Crippen LogP contribution in [-0.4, -0.2) is 29.6 Å². The summed E-state index contributed by atoms with van der Waals surface area (Å²) in [6.45, 7) is 9.01. The van der Waals surface area contributed by atoms with E-state index in [9.17, 15) is 0 Å². The maximum atomic E-state index is 6.60. The van der Waals surface area contributed by atoms with E-state index in [2.05, 4.69) is 64.8 Å². The Kier molecular flexibility index (Phi) is 4.28. The average molecular weight is 366 g/mol. The number of nitrogen functional groups attached to an aromatic ring is 1. The maximum absolute atomic E-state index is 6.60. The number of aromatic nitrogens is 2. The number of hydrogen-bond donors (Lipinski definition) is 1. The molecule has 2 unspecified atom stereocenters. The molecule has 2 bridgehead atoms. The van der Waals surface area contributed by atoms with Gasteiger partial charge in [-0.05, 0) is 35.7 Å². The lowest BCUT2D eigenvalue weighted by Crippen LogP contribution is -2.35. The molecule has 5 heteroatoms. The van der Waals surface area contributed by atoms with Crippen molar-refractivity contribution in [3.05, 3.63) is 42.2 Å². The topological polar surface area (TPSA) is 58.3 Å². The van der Waals surface area contributed by atoms with Crippen molar-refractivity contribution in [1.29, 1.82) is 0 Å². The van der Waals surface area contributed by atoms with Gasteiger partial charge in [0.2, 0.25) is 0 Å². The summed E-state index contributed by atoms with van der Waals surface area (Å²) in [7, 11) is 2.04. The van der Waals surface area contributed by atoms with Gasteiger partial charge in [0.05, 0.1) is 0 Å². The molecule has 5 nitrogen and oxygen atoms in total. The standard InChI is InChI=1S/C22H31N5/c1-21(2)10-17-11-22(3,13-21)14-27(17)20-18(23)19(24-15-25-20)26(4)12-16-8-6-5-7-9-16/h5-9,15,17H,10-14,23H2,1-4H3. The van der Waals surface area contributed by atoms with Crippen molar-refractivity contribution in [2.45, 2.75) is 52.6 Å². The molecule has 2 N–H and O–H groups in total. The zero-order chi connectivity index (χ0) is 19.2. The van der Waals surface area contributed by atoms with Crippen molar-refractivity contribution >= 4 is 17.3 Å². The number of hydrogen-bond acceptors (Lipinski definition) is 5. The van der Waals surface area contributed by atoms with Crippen molar-refractivity contribution in [2.75, 3.05) is 29.1 Å². The van der Waals surface area contributed by atoms with E-state index in [1.54, 1.807) is 6.33 Å². The summed E-state index contributed by atoms with van der Waals surface area (Å²) in [5.41, 5.74) is 9.27. The lowest BCUT2D eigenvalue weighted by Gasteiger charge is -2.39. The van der Waals surface area contributed by atoms with Crippen molar-refractivity contribution in [3.8, 4) is 0 Å². The summed E-state index contributed by atoms with van der Waals surface area (Å²) in [5.74, 6) is 1.72. The van der Waals surface area contributed by atoms with Gasteiger partial charge in [-0.2, -0.15) is 0 Å². The van der Waals surface area contributed by atoms with Crippen molar-refractivity contribution < 1.29 is 0 Å². The highest BCUT2D eigenvalue weighted by Crippen LogP contribution is 2.54. The first-order chi connectivity index (χ1) is 12.8. The number of benzene rings is 1. The largest absolute Gasteiger partial charge is 0.393 e. The van der Waals surface area contributed by atoms with E-state index in [-0.39, 0.29) is 0 Å². The monoisotopic (exact) mass is 365 g/mol. The Balaban J connectivity index is 1.61. The molecule has 2 aromatic rings. The van der Waals surface area contributed by atoms with E-state index < -0.39 is 0 Å². The van der Waals surface area contributed by atoms with E-state index >= 15 is 0 Å². The first kappa shape index (κ1) is 18.1. The van der Waals surface area contributed by atoms with Crippen LogP contribution in [0.5, 0.6) is 0 Å². The molecule has 1 saturated carbocycles. The van der Waals surface area contributed by atoms with Crippen LogP contribution < -0.4 is 15.5 Å². The van der Waals surface area contributed by atoms with Crippen LogP contribution in [0, 0.1) is 10.8 Å². The van der Waals surface area contributed by atoms with Crippen molar-refractivity contribution in [1.82, 2.24) is 9.97 Å². The Bertz CT molecular complexity index is 819. The van der Waals surface area contributed by atoms with Gasteiger partial charge in [-0.3, -0.25) is 0 Å². The van der Waals surface area contributed by atoms with Crippen LogP contribution in [0.2, 0.25) is 0 Å². The molecule has 27 heavy (non-hydrogen) atoms. The third-order valence-electron chi connectivity index (χ3n) is 6.15. The van der Waals surface area contributed by atoms with Crippen molar-refractivity contribution in [3.63, 3.8) is 0 Å². The Hall–Kier alpha value is -2.30. The third kappa shape index (κ3) is 3.47. The van der Waals surface area contributed by atoms with Crippen molar-refractivity contribution in [2.24, 2.45) is 10.8 Å². The Morgan fingerprint density at radius 3 is 2.63 bits per heavy atom. The number of fused-ring (bicyclic) bond motifs is 2. The van der Waals surface area contributed by atoms with E-state index in [0.717, 1.165) is 24.7 Å². The molecule has 144 valence electrons. The Morgan fingerprint density at radius 1 is 1.15 bits per heavy atom. The molecule has 0 amide bonds. The van der Waals surface area contributed by atoms with Gasteiger partial charge >= 0.3 is 0 Å². The fourth-order valence-electron chi connectivity index (χ4n) is 5.55. The van der Waals surface area contributed by atoms with Gasteiger partial charge in [0, 0.05) is 26.2 Å². The van der Waals surface area contributed by atoms with Gasteiger partial charge in [-0.25, -0.2) is 9.97 Å². The van der Waals surface area contributed by atoms with E-state index in [1.165, 1.54) is 24.8 Å². The third-order valence-corrected chi connectivity index (χ3v) is 6.15. The Morgan fingerprint density at radius 2 is 1.89 bits per heavy atom. The maximum Gasteiger partial charge on any atom is 0.157 e. The minimum atomic E-state index is 0.347. The molecule has 2 atom stereocenters. The molecule has 0 spiro atoms. The van der Waals surface area contributed by atoms with Gasteiger partial charge in [-0.15, -0.1) is 0 Å². The molecule has 4 rings (SSSR count). The number of nitrogens with two attached hydrogens (primary N) is 1. The molecule has 1 aliphatic heterocycles. The van der Waals surface area contributed by atoms with Gasteiger partial charge in [0.1, 0.15) is 12.0 Å². The summed E-state index contributed by atoms with van der Waals surface area (Å²) < 4.78 is 0. The van der Waals surface area contributed by atoms with Gasteiger partial charge in [0.15, 0.2) is 11.6 Å². The van der Waals surface area contributed by atoms with Crippen LogP contribution in [0.25, 0.3) is 0 Å². The second-order valence-corrected chi connectivity index (χ2v) is 9.62. The van der Waals surface area contributed by atoms with Crippen LogP contribution in [0.1, 0.15) is 45.6 Å². The summed E-state index contributed by atoms with van der Waals surface area (Å²) >= 11 is 0. The van der Waals surface area contributed by atoms with Gasteiger partial charge in [-0.1, -0.05) is 51.1 Å². The number of nitrogens with zero attached hydrogens (tertiary/aromatic N) is 4. The second-order valence-electron chi connectivity index (χ2n) is 9.62. The SMILES string of the molecule is CN(Cc1ccccc1)c1ncnc(N2CC3(C)CC2CC(C)(C)C3)c1N. The number of rotatable bonds is 4. The van der Waals surface area contributed by atoms with Crippen LogP contribution in [-0.2, 0) is 6.54 Å². The quantitative estimate of drug-likeness (QED) is 0.884. The molecule has 1 aromatic carbocycles. The van der Waals surface area contributed by atoms with Crippen LogP contribution in [0.4, 0.5) is 17.3 Å². The fourth-order valence-corrected chi connectivity index (χ4v) is 5.55. The highest BCUT2D eigenvalue weighted by atomic mass is 15.3. The summed E-state index contributed by atoms with van der Waals surface area (Å²) in [6, 6.07) is 10.9. The molecule has 2 fully saturated rings. The lowest BCUT2D eigenvalue weighted by molar-refractivity contribution is 0.136.